The molecule has 0 radical (unpaired) electrons. The molecule has 0 saturated heterocycles. The summed E-state index contributed by atoms with van der Waals surface area (Å²) in [6.07, 6.45) is 1.76. The van der Waals surface area contributed by atoms with Crippen LogP contribution < -0.4 is 11.1 Å². The average molecular weight is 285 g/mol. The van der Waals surface area contributed by atoms with Gasteiger partial charge in [-0.2, -0.15) is 0 Å². The number of anilines is 1. The van der Waals surface area contributed by atoms with Crippen molar-refractivity contribution in [2.75, 3.05) is 5.73 Å². The molecule has 1 saturated carbocycles. The van der Waals surface area contributed by atoms with Gasteiger partial charge < -0.3 is 15.6 Å². The molecule has 110 valence electrons. The minimum Gasteiger partial charge on any atom is -0.399 e. The van der Waals surface area contributed by atoms with Crippen molar-refractivity contribution in [2.24, 2.45) is 0 Å². The Bertz CT molecular complexity index is 650. The van der Waals surface area contributed by atoms with Crippen LogP contribution in [0.1, 0.15) is 35.4 Å². The third-order valence-electron chi connectivity index (χ3n) is 4.25. The van der Waals surface area contributed by atoms with Crippen LogP contribution >= 0.6 is 0 Å². The van der Waals surface area contributed by atoms with Crippen LogP contribution in [0.15, 0.2) is 28.8 Å². The number of benzene rings is 1. The molecule has 5 nitrogen and oxygen atoms in total. The van der Waals surface area contributed by atoms with E-state index in [1.165, 1.54) is 0 Å². The van der Waals surface area contributed by atoms with Crippen molar-refractivity contribution in [1.29, 1.82) is 0 Å². The Balaban J connectivity index is 1.72. The highest BCUT2D eigenvalue weighted by molar-refractivity contribution is 5.91. The number of aryl methyl sites for hydroxylation is 2. The second-order valence-corrected chi connectivity index (χ2v) is 5.69. The van der Waals surface area contributed by atoms with Gasteiger partial charge in [-0.15, -0.1) is 0 Å². The third kappa shape index (κ3) is 2.39. The molecule has 1 aromatic carbocycles. The third-order valence-corrected chi connectivity index (χ3v) is 4.25. The monoisotopic (exact) mass is 285 g/mol. The van der Waals surface area contributed by atoms with Gasteiger partial charge in [-0.3, -0.25) is 4.79 Å². The van der Waals surface area contributed by atoms with E-state index in [0.717, 1.165) is 35.4 Å². The molecule has 0 unspecified atom stereocenters. The number of nitrogens with one attached hydrogen (secondary N) is 1. The molecule has 1 heterocycles. The topological polar surface area (TPSA) is 81.2 Å². The molecule has 1 aliphatic carbocycles. The van der Waals surface area contributed by atoms with Crippen LogP contribution in [0, 0.1) is 13.8 Å². The van der Waals surface area contributed by atoms with Crippen LogP contribution in [0.2, 0.25) is 0 Å². The number of hydrogen-bond acceptors (Lipinski definition) is 4. The summed E-state index contributed by atoms with van der Waals surface area (Å²) in [5.41, 5.74) is 8.85. The van der Waals surface area contributed by atoms with E-state index in [-0.39, 0.29) is 11.3 Å². The van der Waals surface area contributed by atoms with E-state index in [9.17, 15) is 4.79 Å². The van der Waals surface area contributed by atoms with Crippen LogP contribution in [0.3, 0.4) is 0 Å². The molecule has 1 aromatic heterocycles. The van der Waals surface area contributed by atoms with Gasteiger partial charge in [0.05, 0.1) is 11.1 Å². The number of carbonyl (C=O) groups excluding carboxylic acids is 1. The second kappa shape index (κ2) is 4.91. The number of rotatable bonds is 4. The molecule has 0 aliphatic heterocycles. The molecule has 3 rings (SSSR count). The lowest BCUT2D eigenvalue weighted by Gasteiger charge is -2.16. The zero-order valence-corrected chi connectivity index (χ0v) is 12.3. The summed E-state index contributed by atoms with van der Waals surface area (Å²) in [4.78, 5) is 12.5. The van der Waals surface area contributed by atoms with Gasteiger partial charge in [-0.05, 0) is 44.4 Å². The van der Waals surface area contributed by atoms with Crippen molar-refractivity contribution in [3.05, 3.63) is 46.8 Å². The highest BCUT2D eigenvalue weighted by Crippen LogP contribution is 2.48. The van der Waals surface area contributed by atoms with Crippen molar-refractivity contribution in [3.63, 3.8) is 0 Å². The Morgan fingerprint density at radius 3 is 2.52 bits per heavy atom. The summed E-state index contributed by atoms with van der Waals surface area (Å²) in [7, 11) is 0. The van der Waals surface area contributed by atoms with Gasteiger partial charge in [0.2, 0.25) is 5.91 Å². The molecule has 1 amide bonds. The van der Waals surface area contributed by atoms with Gasteiger partial charge in [-0.1, -0.05) is 17.3 Å². The molecule has 21 heavy (non-hydrogen) atoms. The first kappa shape index (κ1) is 13.7. The molecule has 0 spiro atoms. The van der Waals surface area contributed by atoms with Crippen LogP contribution in [-0.4, -0.2) is 11.1 Å². The Morgan fingerprint density at radius 2 is 2.00 bits per heavy atom. The minimum absolute atomic E-state index is 0.0623. The lowest BCUT2D eigenvalue weighted by Crippen LogP contribution is -2.34. The number of nitrogen functional groups attached to an aromatic ring is 1. The van der Waals surface area contributed by atoms with Gasteiger partial charge >= 0.3 is 0 Å². The minimum atomic E-state index is -0.382. The van der Waals surface area contributed by atoms with Gasteiger partial charge in [0.25, 0.3) is 0 Å². The van der Waals surface area contributed by atoms with Crippen molar-refractivity contribution < 1.29 is 9.32 Å². The van der Waals surface area contributed by atoms with Crippen LogP contribution in [-0.2, 0) is 16.8 Å². The largest absolute Gasteiger partial charge is 0.399 e. The van der Waals surface area contributed by atoms with E-state index in [0.29, 0.717) is 12.2 Å². The SMILES string of the molecule is Cc1noc(C)c1CNC(=O)C1(c2ccc(N)cc2)CC1. The number of nitrogens with two attached hydrogens (primary N) is 1. The van der Waals surface area contributed by atoms with Crippen LogP contribution in [0.5, 0.6) is 0 Å². The van der Waals surface area contributed by atoms with Crippen molar-refractivity contribution in [1.82, 2.24) is 10.5 Å². The lowest BCUT2D eigenvalue weighted by atomic mass is 9.94. The van der Waals surface area contributed by atoms with Crippen molar-refractivity contribution >= 4 is 11.6 Å². The Kier molecular flexibility index (Phi) is 3.20. The zero-order valence-electron chi connectivity index (χ0n) is 12.3. The quantitative estimate of drug-likeness (QED) is 0.844. The summed E-state index contributed by atoms with van der Waals surface area (Å²) in [6.45, 7) is 4.19. The van der Waals surface area contributed by atoms with Crippen LogP contribution in [0.25, 0.3) is 0 Å². The summed E-state index contributed by atoms with van der Waals surface area (Å²) >= 11 is 0. The maximum atomic E-state index is 12.5. The number of aromatic nitrogens is 1. The number of hydrogen-bond donors (Lipinski definition) is 2. The standard InChI is InChI=1S/C16H19N3O2/c1-10-14(11(2)21-19-10)9-18-15(20)16(7-8-16)12-3-5-13(17)6-4-12/h3-6H,7-9,17H2,1-2H3,(H,18,20). The van der Waals surface area contributed by atoms with E-state index >= 15 is 0 Å². The normalized spacial score (nSPS) is 15.7. The number of nitrogens with zero attached hydrogens (tertiary/aromatic N) is 1. The molecule has 0 atom stereocenters. The molecular formula is C16H19N3O2. The van der Waals surface area contributed by atoms with Gasteiger partial charge in [0.15, 0.2) is 0 Å². The van der Waals surface area contributed by atoms with E-state index in [2.05, 4.69) is 10.5 Å². The smallest absolute Gasteiger partial charge is 0.230 e. The average Bonchev–Trinajstić information content (AvgIpc) is 3.21. The molecule has 3 N–H and O–H groups in total. The van der Waals surface area contributed by atoms with Crippen molar-refractivity contribution in [2.45, 2.75) is 38.6 Å². The van der Waals surface area contributed by atoms with Gasteiger partial charge in [0, 0.05) is 17.8 Å². The first-order chi connectivity index (χ1) is 10.0. The summed E-state index contributed by atoms with van der Waals surface area (Å²) in [5.74, 6) is 0.817. The lowest BCUT2D eigenvalue weighted by molar-refractivity contribution is -0.123. The fourth-order valence-corrected chi connectivity index (χ4v) is 2.67. The Labute approximate surface area is 123 Å². The van der Waals surface area contributed by atoms with Gasteiger partial charge in [-0.25, -0.2) is 0 Å². The van der Waals surface area contributed by atoms with E-state index in [4.69, 9.17) is 10.3 Å². The number of carbonyl (C=O) groups is 1. The molecule has 1 fully saturated rings. The molecule has 1 aliphatic rings. The van der Waals surface area contributed by atoms with E-state index in [1.807, 2.05) is 38.1 Å². The molecular weight excluding hydrogens is 266 g/mol. The summed E-state index contributed by atoms with van der Waals surface area (Å²) in [6, 6.07) is 7.57. The maximum absolute atomic E-state index is 12.5. The maximum Gasteiger partial charge on any atom is 0.230 e. The summed E-state index contributed by atoms with van der Waals surface area (Å²) < 4.78 is 5.11. The van der Waals surface area contributed by atoms with Crippen molar-refractivity contribution in [3.8, 4) is 0 Å². The summed E-state index contributed by atoms with van der Waals surface area (Å²) in [5, 5.41) is 6.91. The molecule has 2 aromatic rings. The Morgan fingerprint density at radius 1 is 1.33 bits per heavy atom. The van der Waals surface area contributed by atoms with Crippen LogP contribution in [0.4, 0.5) is 5.69 Å². The molecule has 0 bridgehead atoms. The zero-order chi connectivity index (χ0) is 15.0. The Hall–Kier alpha value is -2.30. The second-order valence-electron chi connectivity index (χ2n) is 5.69. The first-order valence-electron chi connectivity index (χ1n) is 7.09. The highest BCUT2D eigenvalue weighted by atomic mass is 16.5. The van der Waals surface area contributed by atoms with E-state index in [1.54, 1.807) is 0 Å². The number of amides is 1. The fourth-order valence-electron chi connectivity index (χ4n) is 2.67. The highest BCUT2D eigenvalue weighted by Gasteiger charge is 2.51. The van der Waals surface area contributed by atoms with Gasteiger partial charge in [0.1, 0.15) is 5.76 Å². The predicted molar refractivity (Wildman–Crippen MR) is 79.6 cm³/mol. The first-order valence-corrected chi connectivity index (χ1v) is 7.09. The fraction of sp³-hybridized carbons (Fsp3) is 0.375. The predicted octanol–water partition coefficient (Wildman–Crippen LogP) is 2.22. The van der Waals surface area contributed by atoms with E-state index < -0.39 is 0 Å². The molecule has 5 heteroatoms.